The van der Waals surface area contributed by atoms with E-state index in [1.165, 1.54) is 4.40 Å². The Hall–Kier alpha value is -1.55. The zero-order valence-corrected chi connectivity index (χ0v) is 10.2. The van der Waals surface area contributed by atoms with Crippen molar-refractivity contribution in [3.8, 4) is 12.3 Å². The van der Waals surface area contributed by atoms with Crippen LogP contribution in [-0.4, -0.2) is 24.3 Å². The Morgan fingerprint density at radius 3 is 3.00 bits per heavy atom. The molecule has 5 nitrogen and oxygen atoms in total. The van der Waals surface area contributed by atoms with Crippen molar-refractivity contribution in [1.82, 2.24) is 14.1 Å². The molecule has 0 aliphatic heterocycles. The highest BCUT2D eigenvalue weighted by molar-refractivity contribution is 7.89. The van der Waals surface area contributed by atoms with Gasteiger partial charge < -0.3 is 0 Å². The predicted molar refractivity (Wildman–Crippen MR) is 64.2 cm³/mol. The summed E-state index contributed by atoms with van der Waals surface area (Å²) < 4.78 is 27.5. The topological polar surface area (TPSA) is 63.5 Å². The van der Waals surface area contributed by atoms with Crippen LogP contribution in [0.3, 0.4) is 0 Å². The number of aromatic nitrogens is 2. The standard InChI is InChI=1S/C10H8ClN3O2S/c1-2-6-12-17(15,16)10-9(11)13-8-5-3-4-7-14(8)10/h1,3-5,7,12H,6H2. The van der Waals surface area contributed by atoms with Crippen molar-refractivity contribution < 1.29 is 8.42 Å². The molecule has 0 radical (unpaired) electrons. The van der Waals surface area contributed by atoms with Crippen molar-refractivity contribution in [2.45, 2.75) is 5.03 Å². The molecule has 0 fully saturated rings. The van der Waals surface area contributed by atoms with E-state index in [2.05, 4.69) is 15.6 Å². The summed E-state index contributed by atoms with van der Waals surface area (Å²) in [5.41, 5.74) is 0.457. The minimum atomic E-state index is -3.76. The van der Waals surface area contributed by atoms with Gasteiger partial charge in [0.15, 0.2) is 10.2 Å². The van der Waals surface area contributed by atoms with Crippen LogP contribution in [0.25, 0.3) is 5.65 Å². The van der Waals surface area contributed by atoms with E-state index in [0.717, 1.165) is 0 Å². The number of nitrogens with one attached hydrogen (secondary N) is 1. The van der Waals surface area contributed by atoms with E-state index in [4.69, 9.17) is 18.0 Å². The van der Waals surface area contributed by atoms with Gasteiger partial charge in [-0.1, -0.05) is 23.6 Å². The number of terminal acetylenes is 1. The van der Waals surface area contributed by atoms with Crippen molar-refractivity contribution in [2.24, 2.45) is 0 Å². The molecule has 0 atom stereocenters. The van der Waals surface area contributed by atoms with E-state index in [0.29, 0.717) is 5.65 Å². The Kier molecular flexibility index (Phi) is 3.07. The van der Waals surface area contributed by atoms with Gasteiger partial charge in [0.25, 0.3) is 10.0 Å². The number of halogens is 1. The van der Waals surface area contributed by atoms with Gasteiger partial charge in [0.2, 0.25) is 0 Å². The Balaban J connectivity index is 2.63. The third-order valence-corrected chi connectivity index (χ3v) is 3.86. The molecule has 0 aromatic carbocycles. The van der Waals surface area contributed by atoms with Crippen molar-refractivity contribution in [2.75, 3.05) is 6.54 Å². The van der Waals surface area contributed by atoms with Crippen LogP contribution in [0.1, 0.15) is 0 Å². The SMILES string of the molecule is C#CCNS(=O)(=O)c1c(Cl)nc2ccccn12. The normalized spacial score (nSPS) is 11.5. The van der Waals surface area contributed by atoms with Gasteiger partial charge in [-0.05, 0) is 12.1 Å². The molecule has 0 bridgehead atoms. The van der Waals surface area contributed by atoms with E-state index in [1.54, 1.807) is 24.4 Å². The van der Waals surface area contributed by atoms with E-state index in [1.807, 2.05) is 0 Å². The van der Waals surface area contributed by atoms with E-state index in [9.17, 15) is 8.42 Å². The molecule has 0 amide bonds. The lowest BCUT2D eigenvalue weighted by atomic mass is 10.5. The summed E-state index contributed by atoms with van der Waals surface area (Å²) in [6, 6.07) is 5.08. The van der Waals surface area contributed by atoms with Gasteiger partial charge in [-0.2, -0.15) is 4.72 Å². The van der Waals surface area contributed by atoms with Crippen molar-refractivity contribution in [1.29, 1.82) is 0 Å². The summed E-state index contributed by atoms with van der Waals surface area (Å²) in [4.78, 5) is 3.95. The molecule has 0 saturated heterocycles. The minimum Gasteiger partial charge on any atom is -0.288 e. The average molecular weight is 270 g/mol. The first-order valence-corrected chi connectivity index (χ1v) is 6.48. The molecule has 17 heavy (non-hydrogen) atoms. The van der Waals surface area contributed by atoms with E-state index < -0.39 is 10.0 Å². The number of sulfonamides is 1. The number of imidazole rings is 1. The smallest absolute Gasteiger partial charge is 0.260 e. The average Bonchev–Trinajstić information content (AvgIpc) is 2.63. The molecule has 0 spiro atoms. The molecule has 0 unspecified atom stereocenters. The number of hydrogen-bond acceptors (Lipinski definition) is 3. The van der Waals surface area contributed by atoms with Gasteiger partial charge in [-0.3, -0.25) is 4.40 Å². The van der Waals surface area contributed by atoms with Gasteiger partial charge in [0, 0.05) is 6.20 Å². The first-order chi connectivity index (χ1) is 8.06. The third-order valence-electron chi connectivity index (χ3n) is 2.07. The quantitative estimate of drug-likeness (QED) is 0.842. The first-order valence-electron chi connectivity index (χ1n) is 4.62. The summed E-state index contributed by atoms with van der Waals surface area (Å²) >= 11 is 5.83. The van der Waals surface area contributed by atoms with E-state index >= 15 is 0 Å². The van der Waals surface area contributed by atoms with E-state index in [-0.39, 0.29) is 16.7 Å². The maximum Gasteiger partial charge on any atom is 0.260 e. The van der Waals surface area contributed by atoms with Gasteiger partial charge in [-0.15, -0.1) is 6.42 Å². The molecule has 0 aliphatic rings. The molecule has 2 heterocycles. The van der Waals surface area contributed by atoms with Crippen LogP contribution in [0.15, 0.2) is 29.4 Å². The lowest BCUT2D eigenvalue weighted by Crippen LogP contribution is -2.25. The summed E-state index contributed by atoms with van der Waals surface area (Å²) in [5.74, 6) is 2.19. The fourth-order valence-electron chi connectivity index (χ4n) is 1.39. The van der Waals surface area contributed by atoms with Gasteiger partial charge in [0.05, 0.1) is 6.54 Å². The maximum absolute atomic E-state index is 11.9. The molecule has 0 aliphatic carbocycles. The van der Waals surface area contributed by atoms with Crippen LogP contribution >= 0.6 is 11.6 Å². The lowest BCUT2D eigenvalue weighted by Gasteiger charge is -2.03. The molecule has 88 valence electrons. The Bertz CT molecular complexity index is 700. The Labute approximate surface area is 103 Å². The van der Waals surface area contributed by atoms with Gasteiger partial charge in [0.1, 0.15) is 5.65 Å². The second-order valence-corrected chi connectivity index (χ2v) is 5.21. The molecular weight excluding hydrogens is 262 g/mol. The highest BCUT2D eigenvalue weighted by Gasteiger charge is 2.23. The number of rotatable bonds is 3. The zero-order chi connectivity index (χ0) is 12.5. The maximum atomic E-state index is 11.9. The summed E-state index contributed by atoms with van der Waals surface area (Å²) in [6.45, 7) is -0.0985. The highest BCUT2D eigenvalue weighted by Crippen LogP contribution is 2.21. The Morgan fingerprint density at radius 2 is 2.29 bits per heavy atom. The molecule has 0 saturated carbocycles. The fourth-order valence-corrected chi connectivity index (χ4v) is 2.96. The first kappa shape index (κ1) is 11.9. The molecule has 7 heteroatoms. The lowest BCUT2D eigenvalue weighted by molar-refractivity contribution is 0.581. The second-order valence-electron chi connectivity index (χ2n) is 3.17. The zero-order valence-electron chi connectivity index (χ0n) is 8.59. The van der Waals surface area contributed by atoms with Crippen LogP contribution in [-0.2, 0) is 10.0 Å². The molecule has 2 aromatic rings. The second kappa shape index (κ2) is 4.37. The highest BCUT2D eigenvalue weighted by atomic mass is 35.5. The van der Waals surface area contributed by atoms with Gasteiger partial charge >= 0.3 is 0 Å². The molecular formula is C10H8ClN3O2S. The Morgan fingerprint density at radius 1 is 1.53 bits per heavy atom. The fraction of sp³-hybridized carbons (Fsp3) is 0.100. The van der Waals surface area contributed by atoms with Crippen LogP contribution in [0.4, 0.5) is 0 Å². The van der Waals surface area contributed by atoms with Crippen LogP contribution in [0, 0.1) is 12.3 Å². The number of pyridine rings is 1. The summed E-state index contributed by atoms with van der Waals surface area (Å²) in [7, 11) is -3.76. The van der Waals surface area contributed by atoms with Gasteiger partial charge in [-0.25, -0.2) is 13.4 Å². The molecule has 2 aromatic heterocycles. The summed E-state index contributed by atoms with van der Waals surface area (Å²) in [5, 5.41) is -0.189. The van der Waals surface area contributed by atoms with Crippen LogP contribution in [0.2, 0.25) is 5.15 Å². The molecule has 1 N–H and O–H groups in total. The number of hydrogen-bond donors (Lipinski definition) is 1. The molecule has 2 rings (SSSR count). The number of fused-ring (bicyclic) bond motifs is 1. The minimum absolute atomic E-state index is 0.0827. The number of nitrogens with zero attached hydrogens (tertiary/aromatic N) is 2. The summed E-state index contributed by atoms with van der Waals surface area (Å²) in [6.07, 6.45) is 6.58. The van der Waals surface area contributed by atoms with Crippen molar-refractivity contribution in [3.05, 3.63) is 29.5 Å². The van der Waals surface area contributed by atoms with Crippen molar-refractivity contribution in [3.63, 3.8) is 0 Å². The van der Waals surface area contributed by atoms with Crippen LogP contribution < -0.4 is 4.72 Å². The predicted octanol–water partition coefficient (Wildman–Crippen LogP) is 0.899. The van der Waals surface area contributed by atoms with Crippen LogP contribution in [0.5, 0.6) is 0 Å². The third kappa shape index (κ3) is 2.13. The monoisotopic (exact) mass is 269 g/mol. The largest absolute Gasteiger partial charge is 0.288 e. The van der Waals surface area contributed by atoms with Crippen molar-refractivity contribution >= 4 is 27.3 Å².